The Hall–Kier alpha value is -2.89. The van der Waals surface area contributed by atoms with Crippen LogP contribution in [0.5, 0.6) is 0 Å². The molecule has 0 unspecified atom stereocenters. The van der Waals surface area contributed by atoms with Crippen LogP contribution < -0.4 is 11.1 Å². The summed E-state index contributed by atoms with van der Waals surface area (Å²) in [5.74, 6) is -0.186. The quantitative estimate of drug-likeness (QED) is 0.473. The lowest BCUT2D eigenvalue weighted by Gasteiger charge is -2.05. The van der Waals surface area contributed by atoms with Crippen LogP contribution in [0.2, 0.25) is 5.02 Å². The molecular formula is C22H18ClN3OS. The van der Waals surface area contributed by atoms with Crippen molar-refractivity contribution in [2.24, 2.45) is 0 Å². The standard InChI is InChI=1S/C22H18ClN3OS/c1-13-2-4-14(5-3-13)12-25-21(27)20-19(24)17-10-11-18(26-22(17)28-20)15-6-8-16(23)9-7-15/h2-11H,12,24H2,1H3,(H,25,27). The highest BCUT2D eigenvalue weighted by molar-refractivity contribution is 7.21. The fourth-order valence-electron chi connectivity index (χ4n) is 2.92. The zero-order chi connectivity index (χ0) is 19.7. The third kappa shape index (κ3) is 3.72. The molecule has 0 spiro atoms. The molecule has 0 saturated heterocycles. The van der Waals surface area contributed by atoms with Gasteiger partial charge in [-0.1, -0.05) is 53.6 Å². The molecule has 0 radical (unpaired) electrons. The van der Waals surface area contributed by atoms with Crippen molar-refractivity contribution >= 4 is 44.7 Å². The van der Waals surface area contributed by atoms with E-state index in [9.17, 15) is 4.79 Å². The minimum Gasteiger partial charge on any atom is -0.397 e. The number of nitrogens with two attached hydrogens (primary N) is 1. The van der Waals surface area contributed by atoms with E-state index < -0.39 is 0 Å². The summed E-state index contributed by atoms with van der Waals surface area (Å²) in [6.07, 6.45) is 0. The zero-order valence-electron chi connectivity index (χ0n) is 15.2. The van der Waals surface area contributed by atoms with Crippen LogP contribution in [0.1, 0.15) is 20.8 Å². The number of fused-ring (bicyclic) bond motifs is 1. The normalized spacial score (nSPS) is 10.9. The van der Waals surface area contributed by atoms with E-state index in [1.807, 2.05) is 67.6 Å². The number of nitrogens with zero attached hydrogens (tertiary/aromatic N) is 1. The van der Waals surface area contributed by atoms with Gasteiger partial charge in [-0.15, -0.1) is 11.3 Å². The number of pyridine rings is 1. The number of carbonyl (C=O) groups is 1. The van der Waals surface area contributed by atoms with E-state index in [-0.39, 0.29) is 5.91 Å². The van der Waals surface area contributed by atoms with Gasteiger partial charge in [0.25, 0.3) is 5.91 Å². The summed E-state index contributed by atoms with van der Waals surface area (Å²) < 4.78 is 0. The second-order valence-corrected chi connectivity index (χ2v) is 8.00. The van der Waals surface area contributed by atoms with Crippen molar-refractivity contribution in [3.63, 3.8) is 0 Å². The van der Waals surface area contributed by atoms with Crippen molar-refractivity contribution in [1.29, 1.82) is 0 Å². The van der Waals surface area contributed by atoms with Crippen molar-refractivity contribution < 1.29 is 4.79 Å². The number of amides is 1. The van der Waals surface area contributed by atoms with Crippen LogP contribution in [0, 0.1) is 6.92 Å². The van der Waals surface area contributed by atoms with Gasteiger partial charge < -0.3 is 11.1 Å². The summed E-state index contributed by atoms with van der Waals surface area (Å²) in [7, 11) is 0. The topological polar surface area (TPSA) is 68.0 Å². The van der Waals surface area contributed by atoms with E-state index in [1.165, 1.54) is 16.9 Å². The van der Waals surface area contributed by atoms with Crippen LogP contribution in [-0.4, -0.2) is 10.9 Å². The molecule has 140 valence electrons. The van der Waals surface area contributed by atoms with Gasteiger partial charge in [-0.05, 0) is 36.8 Å². The number of anilines is 1. The van der Waals surface area contributed by atoms with E-state index in [0.717, 1.165) is 27.0 Å². The van der Waals surface area contributed by atoms with E-state index in [4.69, 9.17) is 17.3 Å². The molecule has 1 amide bonds. The Bertz CT molecular complexity index is 1150. The van der Waals surface area contributed by atoms with Gasteiger partial charge in [0.1, 0.15) is 9.71 Å². The number of benzene rings is 2. The Morgan fingerprint density at radius 1 is 1.07 bits per heavy atom. The van der Waals surface area contributed by atoms with Gasteiger partial charge >= 0.3 is 0 Å². The number of carbonyl (C=O) groups excluding carboxylic acids is 1. The second kappa shape index (κ2) is 7.62. The maximum Gasteiger partial charge on any atom is 0.263 e. The van der Waals surface area contributed by atoms with Gasteiger partial charge in [0, 0.05) is 22.5 Å². The van der Waals surface area contributed by atoms with Crippen LogP contribution >= 0.6 is 22.9 Å². The molecule has 4 rings (SSSR count). The summed E-state index contributed by atoms with van der Waals surface area (Å²) in [5, 5.41) is 4.41. The molecule has 0 bridgehead atoms. The van der Waals surface area contributed by atoms with Crippen molar-refractivity contribution in [3.8, 4) is 11.3 Å². The molecule has 28 heavy (non-hydrogen) atoms. The number of aromatic nitrogens is 1. The minimum absolute atomic E-state index is 0.186. The number of nitrogen functional groups attached to an aromatic ring is 1. The Morgan fingerprint density at radius 2 is 1.79 bits per heavy atom. The smallest absolute Gasteiger partial charge is 0.263 e. The first-order chi connectivity index (χ1) is 13.5. The van der Waals surface area contributed by atoms with E-state index in [1.54, 1.807) is 0 Å². The molecule has 2 aromatic carbocycles. The summed E-state index contributed by atoms with van der Waals surface area (Å²) in [6, 6.07) is 19.4. The van der Waals surface area contributed by atoms with E-state index >= 15 is 0 Å². The van der Waals surface area contributed by atoms with Gasteiger partial charge in [0.15, 0.2) is 0 Å². The molecule has 2 aromatic heterocycles. The Morgan fingerprint density at radius 3 is 2.50 bits per heavy atom. The molecular weight excluding hydrogens is 390 g/mol. The van der Waals surface area contributed by atoms with Gasteiger partial charge in [0.2, 0.25) is 0 Å². The van der Waals surface area contributed by atoms with Crippen LogP contribution in [0.3, 0.4) is 0 Å². The maximum absolute atomic E-state index is 12.6. The van der Waals surface area contributed by atoms with Crippen LogP contribution in [-0.2, 0) is 6.54 Å². The zero-order valence-corrected chi connectivity index (χ0v) is 16.8. The van der Waals surface area contributed by atoms with Crippen molar-refractivity contribution in [3.05, 3.63) is 81.7 Å². The predicted molar refractivity (Wildman–Crippen MR) is 117 cm³/mol. The van der Waals surface area contributed by atoms with Gasteiger partial charge in [-0.25, -0.2) is 4.98 Å². The Kier molecular flexibility index (Phi) is 5.03. The first-order valence-electron chi connectivity index (χ1n) is 8.80. The third-order valence-corrected chi connectivity index (χ3v) is 5.88. The number of thiophene rings is 1. The molecule has 0 saturated carbocycles. The van der Waals surface area contributed by atoms with Crippen LogP contribution in [0.25, 0.3) is 21.5 Å². The number of nitrogens with one attached hydrogen (secondary N) is 1. The lowest BCUT2D eigenvalue weighted by molar-refractivity contribution is 0.0956. The lowest BCUT2D eigenvalue weighted by atomic mass is 10.1. The fraction of sp³-hybridized carbons (Fsp3) is 0.0909. The van der Waals surface area contributed by atoms with Crippen molar-refractivity contribution in [1.82, 2.24) is 10.3 Å². The van der Waals surface area contributed by atoms with Gasteiger partial charge in [-0.3, -0.25) is 4.79 Å². The summed E-state index contributed by atoms with van der Waals surface area (Å²) in [5.41, 5.74) is 10.7. The van der Waals surface area contributed by atoms with Crippen molar-refractivity contribution in [2.45, 2.75) is 13.5 Å². The molecule has 0 fully saturated rings. The minimum atomic E-state index is -0.186. The first-order valence-corrected chi connectivity index (χ1v) is 9.99. The van der Waals surface area contributed by atoms with Gasteiger partial charge in [-0.2, -0.15) is 0 Å². The molecule has 0 aliphatic rings. The summed E-state index contributed by atoms with van der Waals surface area (Å²) >= 11 is 7.26. The molecule has 0 aliphatic heterocycles. The second-order valence-electron chi connectivity index (χ2n) is 6.57. The number of rotatable bonds is 4. The van der Waals surface area contributed by atoms with Gasteiger partial charge in [0.05, 0.1) is 11.4 Å². The summed E-state index contributed by atoms with van der Waals surface area (Å²) in [4.78, 5) is 18.6. The highest BCUT2D eigenvalue weighted by Gasteiger charge is 2.17. The first kappa shape index (κ1) is 18.5. The highest BCUT2D eigenvalue weighted by atomic mass is 35.5. The Labute approximate surface area is 172 Å². The molecule has 4 aromatic rings. The third-order valence-electron chi connectivity index (χ3n) is 4.51. The highest BCUT2D eigenvalue weighted by Crippen LogP contribution is 2.34. The maximum atomic E-state index is 12.6. The monoisotopic (exact) mass is 407 g/mol. The predicted octanol–water partition coefficient (Wildman–Crippen LogP) is 5.44. The fourth-order valence-corrected chi connectivity index (χ4v) is 4.05. The molecule has 4 nitrogen and oxygen atoms in total. The largest absolute Gasteiger partial charge is 0.397 e. The number of halogens is 1. The van der Waals surface area contributed by atoms with E-state index in [2.05, 4.69) is 10.3 Å². The number of aryl methyl sites for hydroxylation is 1. The SMILES string of the molecule is Cc1ccc(CNC(=O)c2sc3nc(-c4ccc(Cl)cc4)ccc3c2N)cc1. The van der Waals surface area contributed by atoms with Crippen LogP contribution in [0.4, 0.5) is 5.69 Å². The Balaban J connectivity index is 1.58. The summed E-state index contributed by atoms with van der Waals surface area (Å²) in [6.45, 7) is 2.49. The molecule has 3 N–H and O–H groups in total. The molecule has 0 aliphatic carbocycles. The molecule has 2 heterocycles. The molecule has 6 heteroatoms. The number of hydrogen-bond acceptors (Lipinski definition) is 4. The number of hydrogen-bond donors (Lipinski definition) is 2. The lowest BCUT2D eigenvalue weighted by Crippen LogP contribution is -2.22. The molecule has 0 atom stereocenters. The van der Waals surface area contributed by atoms with E-state index in [0.29, 0.717) is 22.1 Å². The average Bonchev–Trinajstić information content (AvgIpc) is 3.04. The average molecular weight is 408 g/mol. The van der Waals surface area contributed by atoms with Crippen molar-refractivity contribution in [2.75, 3.05) is 5.73 Å². The van der Waals surface area contributed by atoms with Crippen LogP contribution in [0.15, 0.2) is 60.7 Å².